The number of nitrogens with zero attached hydrogens (tertiary/aromatic N) is 3. The summed E-state index contributed by atoms with van der Waals surface area (Å²) in [5, 5.41) is 3.09. The normalized spacial score (nSPS) is 15.6. The predicted molar refractivity (Wildman–Crippen MR) is 131 cm³/mol. The number of hydrogen-bond acceptors (Lipinski definition) is 7. The number of rotatable bonds is 5. The van der Waals surface area contributed by atoms with Crippen LogP contribution in [0.4, 0.5) is 10.8 Å². The van der Waals surface area contributed by atoms with Crippen molar-refractivity contribution in [3.63, 3.8) is 0 Å². The second-order valence-corrected chi connectivity index (χ2v) is 9.43. The number of carbonyl (C=O) groups is 4. The van der Waals surface area contributed by atoms with Crippen LogP contribution in [0.3, 0.4) is 0 Å². The Hall–Kier alpha value is -4.05. The van der Waals surface area contributed by atoms with Gasteiger partial charge in [0.2, 0.25) is 5.91 Å². The number of aromatic nitrogens is 1. The first kappa shape index (κ1) is 22.7. The lowest BCUT2D eigenvalue weighted by Crippen LogP contribution is -2.45. The Bertz CT molecular complexity index is 1360. The molecule has 35 heavy (non-hydrogen) atoms. The van der Waals surface area contributed by atoms with Crippen molar-refractivity contribution in [3.05, 3.63) is 58.5 Å². The zero-order valence-electron chi connectivity index (χ0n) is 19.3. The number of anilines is 2. The monoisotopic (exact) mass is 490 g/mol. The molecule has 0 saturated carbocycles. The molecular weight excluding hydrogens is 468 g/mol. The fourth-order valence-corrected chi connectivity index (χ4v) is 5.14. The third-order valence-corrected chi connectivity index (χ3v) is 7.00. The Kier molecular flexibility index (Phi) is 5.60. The van der Waals surface area contributed by atoms with Gasteiger partial charge in [-0.15, -0.1) is 11.3 Å². The summed E-state index contributed by atoms with van der Waals surface area (Å²) in [5.41, 5.74) is 2.71. The Balaban J connectivity index is 1.37. The molecule has 1 aromatic heterocycles. The van der Waals surface area contributed by atoms with Gasteiger partial charge in [0.05, 0.1) is 22.5 Å². The fourth-order valence-electron chi connectivity index (χ4n) is 4.30. The van der Waals surface area contributed by atoms with E-state index in [0.29, 0.717) is 39.9 Å². The number of amides is 4. The summed E-state index contributed by atoms with van der Waals surface area (Å²) in [6.45, 7) is 5.83. The number of benzene rings is 2. The molecule has 0 spiro atoms. The third-order valence-electron chi connectivity index (χ3n) is 6.11. The van der Waals surface area contributed by atoms with Crippen LogP contribution in [0.2, 0.25) is 0 Å². The number of thiazole rings is 1. The molecule has 3 heterocycles. The maximum absolute atomic E-state index is 13.0. The molecule has 1 unspecified atom stereocenters. The largest absolute Gasteiger partial charge is 0.482 e. The second-order valence-electron chi connectivity index (χ2n) is 8.22. The Morgan fingerprint density at radius 3 is 2.49 bits per heavy atom. The maximum Gasteiger partial charge on any atom is 0.265 e. The summed E-state index contributed by atoms with van der Waals surface area (Å²) in [6, 6.07) is 11.0. The minimum atomic E-state index is -1.01. The van der Waals surface area contributed by atoms with Crippen molar-refractivity contribution in [1.82, 2.24) is 9.88 Å². The standard InChI is InChI=1S/C25H22N4O5S/c1-4-28-18-11-15(9-10-19(18)34-12-20(28)30)21-14(3)35-25(26-21)27-22(31)13(2)29-23(32)16-7-5-6-8-17(16)24(29)33/h5-11,13H,4,12H2,1-3H3,(H,26,27,31). The van der Waals surface area contributed by atoms with Crippen molar-refractivity contribution in [2.24, 2.45) is 0 Å². The molecule has 1 N–H and O–H groups in total. The van der Waals surface area contributed by atoms with Crippen molar-refractivity contribution in [3.8, 4) is 17.0 Å². The van der Waals surface area contributed by atoms with E-state index >= 15 is 0 Å². The minimum absolute atomic E-state index is 0.0113. The van der Waals surface area contributed by atoms with Crippen LogP contribution < -0.4 is 15.0 Å². The minimum Gasteiger partial charge on any atom is -0.482 e. The SMILES string of the molecule is CCN1C(=O)COc2ccc(-c3nc(NC(=O)C(C)N4C(=O)c5ccccc5C4=O)sc3C)cc21. The number of carbonyl (C=O) groups excluding carboxylic acids is 4. The summed E-state index contributed by atoms with van der Waals surface area (Å²) < 4.78 is 5.54. The highest BCUT2D eigenvalue weighted by Gasteiger charge is 2.40. The average molecular weight is 491 g/mol. The molecule has 1 atom stereocenters. The lowest BCUT2D eigenvalue weighted by atomic mass is 10.1. The molecule has 0 radical (unpaired) electrons. The third kappa shape index (κ3) is 3.75. The molecule has 0 bridgehead atoms. The summed E-state index contributed by atoms with van der Waals surface area (Å²) in [6.07, 6.45) is 0. The van der Waals surface area contributed by atoms with Gasteiger partial charge in [-0.05, 0) is 51.1 Å². The van der Waals surface area contributed by atoms with E-state index in [2.05, 4.69) is 10.3 Å². The van der Waals surface area contributed by atoms with Gasteiger partial charge < -0.3 is 15.0 Å². The van der Waals surface area contributed by atoms with E-state index in [0.717, 1.165) is 15.3 Å². The van der Waals surface area contributed by atoms with Crippen LogP contribution in [0, 0.1) is 6.92 Å². The van der Waals surface area contributed by atoms with E-state index in [4.69, 9.17) is 4.74 Å². The van der Waals surface area contributed by atoms with Crippen molar-refractivity contribution >= 4 is 45.8 Å². The van der Waals surface area contributed by atoms with E-state index in [-0.39, 0.29) is 12.5 Å². The molecule has 10 heteroatoms. The maximum atomic E-state index is 13.0. The quantitative estimate of drug-likeness (QED) is 0.549. The molecule has 4 amide bonds. The number of aryl methyl sites for hydroxylation is 1. The Morgan fingerprint density at radius 2 is 1.83 bits per heavy atom. The highest BCUT2D eigenvalue weighted by Crippen LogP contribution is 2.38. The summed E-state index contributed by atoms with van der Waals surface area (Å²) in [4.78, 5) is 58.7. The molecule has 2 aliphatic heterocycles. The van der Waals surface area contributed by atoms with Crippen molar-refractivity contribution in [2.45, 2.75) is 26.8 Å². The molecule has 0 aliphatic carbocycles. The molecule has 0 fully saturated rings. The highest BCUT2D eigenvalue weighted by atomic mass is 32.1. The zero-order valence-corrected chi connectivity index (χ0v) is 20.1. The van der Waals surface area contributed by atoms with Crippen LogP contribution >= 0.6 is 11.3 Å². The lowest BCUT2D eigenvalue weighted by molar-refractivity contribution is -0.121. The molecule has 5 rings (SSSR count). The topological polar surface area (TPSA) is 109 Å². The summed E-state index contributed by atoms with van der Waals surface area (Å²) in [7, 11) is 0. The van der Waals surface area contributed by atoms with Gasteiger partial charge in [0.15, 0.2) is 11.7 Å². The first-order valence-electron chi connectivity index (χ1n) is 11.1. The van der Waals surface area contributed by atoms with Gasteiger partial charge in [-0.2, -0.15) is 0 Å². The molecule has 3 aromatic rings. The first-order valence-corrected chi connectivity index (χ1v) is 11.9. The van der Waals surface area contributed by atoms with Gasteiger partial charge in [0, 0.05) is 17.0 Å². The molecule has 178 valence electrons. The highest BCUT2D eigenvalue weighted by molar-refractivity contribution is 7.16. The van der Waals surface area contributed by atoms with E-state index in [9.17, 15) is 19.2 Å². The van der Waals surface area contributed by atoms with E-state index in [1.165, 1.54) is 18.3 Å². The number of fused-ring (bicyclic) bond motifs is 2. The van der Waals surface area contributed by atoms with Crippen molar-refractivity contribution < 1.29 is 23.9 Å². The number of hydrogen-bond donors (Lipinski definition) is 1. The molecule has 2 aliphatic rings. The zero-order chi connectivity index (χ0) is 24.9. The number of likely N-dealkylation sites (N-methyl/N-ethyl adjacent to an activating group) is 1. The van der Waals surface area contributed by atoms with Crippen molar-refractivity contribution in [2.75, 3.05) is 23.4 Å². The number of ether oxygens (including phenoxy) is 1. The van der Waals surface area contributed by atoms with Gasteiger partial charge in [0.1, 0.15) is 11.8 Å². The Morgan fingerprint density at radius 1 is 1.14 bits per heavy atom. The fraction of sp³-hybridized carbons (Fsp3) is 0.240. The van der Waals surface area contributed by atoms with Gasteiger partial charge in [0.25, 0.3) is 17.7 Å². The van der Waals surface area contributed by atoms with Crippen molar-refractivity contribution in [1.29, 1.82) is 0 Å². The van der Waals surface area contributed by atoms with E-state index < -0.39 is 23.8 Å². The first-order chi connectivity index (χ1) is 16.8. The molecule has 9 nitrogen and oxygen atoms in total. The van der Waals surface area contributed by atoms with Crippen LogP contribution in [0.5, 0.6) is 5.75 Å². The van der Waals surface area contributed by atoms with Crippen LogP contribution in [0.15, 0.2) is 42.5 Å². The number of imide groups is 1. The van der Waals surface area contributed by atoms with Crippen LogP contribution in [0.1, 0.15) is 39.4 Å². The summed E-state index contributed by atoms with van der Waals surface area (Å²) in [5.74, 6) is -0.971. The molecule has 0 saturated heterocycles. The predicted octanol–water partition coefficient (Wildman–Crippen LogP) is 3.49. The van der Waals surface area contributed by atoms with Gasteiger partial charge in [-0.3, -0.25) is 24.1 Å². The smallest absolute Gasteiger partial charge is 0.265 e. The molecular formula is C25H22N4O5S. The Labute approximate surface area is 205 Å². The van der Waals surface area contributed by atoms with Crippen LogP contribution in [0.25, 0.3) is 11.3 Å². The lowest BCUT2D eigenvalue weighted by Gasteiger charge is -2.28. The average Bonchev–Trinajstić information content (AvgIpc) is 3.34. The number of nitrogens with one attached hydrogen (secondary N) is 1. The van der Waals surface area contributed by atoms with E-state index in [1.54, 1.807) is 35.2 Å². The summed E-state index contributed by atoms with van der Waals surface area (Å²) >= 11 is 1.29. The van der Waals surface area contributed by atoms with Crippen LogP contribution in [-0.4, -0.2) is 52.7 Å². The van der Waals surface area contributed by atoms with Gasteiger partial charge >= 0.3 is 0 Å². The molecule has 2 aromatic carbocycles. The van der Waals surface area contributed by atoms with E-state index in [1.807, 2.05) is 26.0 Å². The van der Waals surface area contributed by atoms with Gasteiger partial charge in [-0.1, -0.05) is 12.1 Å². The second kappa shape index (κ2) is 8.62. The van der Waals surface area contributed by atoms with Crippen LogP contribution in [-0.2, 0) is 9.59 Å². The van der Waals surface area contributed by atoms with Gasteiger partial charge in [-0.25, -0.2) is 4.98 Å².